The van der Waals surface area contributed by atoms with Gasteiger partial charge >= 0.3 is 5.97 Å². The fraction of sp³-hybridized carbons (Fsp3) is 0.871. The lowest BCUT2D eigenvalue weighted by atomic mass is 9.44. The number of hydrogen-bond acceptors (Lipinski definition) is 4. The lowest BCUT2D eigenvalue weighted by Crippen LogP contribution is -2.54. The molecule has 0 unspecified atom stereocenters. The van der Waals surface area contributed by atoms with Crippen molar-refractivity contribution in [2.45, 2.75) is 118 Å². The van der Waals surface area contributed by atoms with Gasteiger partial charge in [-0.25, -0.2) is 0 Å². The molecule has 1 N–H and O–H groups in total. The van der Waals surface area contributed by atoms with Crippen molar-refractivity contribution in [3.05, 3.63) is 11.3 Å². The molecule has 0 radical (unpaired) electrons. The fourth-order valence-corrected chi connectivity index (χ4v) is 9.94. The average molecular weight is 500 g/mol. The number of hydrogen-bond donors (Lipinski definition) is 1. The summed E-state index contributed by atoms with van der Waals surface area (Å²) in [5, 5.41) is 2.96. The van der Waals surface area contributed by atoms with Gasteiger partial charge in [0.2, 0.25) is 5.91 Å². The fourth-order valence-electron chi connectivity index (χ4n) is 9.94. The molecule has 5 nitrogen and oxygen atoms in total. The average Bonchev–Trinajstić information content (AvgIpc) is 3.29. The van der Waals surface area contributed by atoms with Gasteiger partial charge in [0.05, 0.1) is 5.76 Å². The second kappa shape index (κ2) is 9.66. The van der Waals surface area contributed by atoms with Gasteiger partial charge in [0, 0.05) is 32.7 Å². The van der Waals surface area contributed by atoms with E-state index in [4.69, 9.17) is 9.47 Å². The summed E-state index contributed by atoms with van der Waals surface area (Å²) in [6, 6.07) is 0. The summed E-state index contributed by atoms with van der Waals surface area (Å²) < 4.78 is 12.4. The third-order valence-electron chi connectivity index (χ3n) is 11.7. The Hall–Kier alpha value is -1.52. The molecular formula is C31H49NO4. The van der Waals surface area contributed by atoms with Gasteiger partial charge in [-0.2, -0.15) is 0 Å². The summed E-state index contributed by atoms with van der Waals surface area (Å²) in [7, 11) is 0. The third kappa shape index (κ3) is 4.41. The molecule has 0 bridgehead atoms. The minimum atomic E-state index is -0.117. The van der Waals surface area contributed by atoms with Crippen LogP contribution in [-0.2, 0) is 19.1 Å². The number of carbonyl (C=O) groups excluding carboxylic acids is 2. The van der Waals surface area contributed by atoms with E-state index >= 15 is 0 Å². The number of fused-ring (bicyclic) bond motifs is 7. The largest absolute Gasteiger partial charge is 0.494 e. The van der Waals surface area contributed by atoms with Crippen LogP contribution in [0, 0.1) is 46.3 Å². The molecular weight excluding hydrogens is 450 g/mol. The molecule has 202 valence electrons. The van der Waals surface area contributed by atoms with Crippen LogP contribution in [0.5, 0.6) is 0 Å². The Bertz CT molecular complexity index is 912. The summed E-state index contributed by atoms with van der Waals surface area (Å²) in [5.74, 6) is 5.32. The Kier molecular flexibility index (Phi) is 7.00. The highest BCUT2D eigenvalue weighted by molar-refractivity contribution is 5.72. The van der Waals surface area contributed by atoms with Crippen molar-refractivity contribution in [2.24, 2.45) is 46.3 Å². The van der Waals surface area contributed by atoms with E-state index < -0.39 is 0 Å². The third-order valence-corrected chi connectivity index (χ3v) is 11.7. The minimum Gasteiger partial charge on any atom is -0.494 e. The van der Waals surface area contributed by atoms with Crippen LogP contribution >= 0.6 is 0 Å². The van der Waals surface area contributed by atoms with Crippen molar-refractivity contribution in [1.29, 1.82) is 0 Å². The first-order valence-corrected chi connectivity index (χ1v) is 14.8. The summed E-state index contributed by atoms with van der Waals surface area (Å²) in [5.41, 5.74) is 2.29. The van der Waals surface area contributed by atoms with E-state index in [9.17, 15) is 9.59 Å². The van der Waals surface area contributed by atoms with Gasteiger partial charge in [-0.3, -0.25) is 9.59 Å². The second-order valence-corrected chi connectivity index (χ2v) is 13.8. The molecule has 1 amide bonds. The highest BCUT2D eigenvalue weighted by Crippen LogP contribution is 2.69. The molecule has 5 rings (SSSR count). The molecule has 5 aliphatic rings. The number of amides is 1. The molecule has 1 aliphatic heterocycles. The number of nitrogens with one attached hydrogen (secondary N) is 1. The molecule has 36 heavy (non-hydrogen) atoms. The first-order chi connectivity index (χ1) is 17.0. The molecule has 0 aromatic heterocycles. The van der Waals surface area contributed by atoms with Crippen molar-refractivity contribution in [1.82, 2.24) is 5.32 Å². The molecule has 10 atom stereocenters. The summed E-state index contributed by atoms with van der Waals surface area (Å²) in [6.07, 6.45) is 12.4. The first-order valence-electron chi connectivity index (χ1n) is 14.8. The van der Waals surface area contributed by atoms with Crippen molar-refractivity contribution in [3.8, 4) is 0 Å². The van der Waals surface area contributed by atoms with E-state index in [-0.39, 0.29) is 18.0 Å². The topological polar surface area (TPSA) is 64.6 Å². The van der Waals surface area contributed by atoms with E-state index in [0.717, 1.165) is 50.0 Å². The number of allylic oxidation sites excluding steroid dienone is 1. The summed E-state index contributed by atoms with van der Waals surface area (Å²) >= 11 is 0. The molecule has 0 spiro atoms. The van der Waals surface area contributed by atoms with Crippen LogP contribution in [0.25, 0.3) is 0 Å². The molecule has 4 saturated carbocycles. The zero-order valence-corrected chi connectivity index (χ0v) is 23.5. The van der Waals surface area contributed by atoms with Gasteiger partial charge in [0.15, 0.2) is 0 Å². The highest BCUT2D eigenvalue weighted by atomic mass is 16.5. The van der Waals surface area contributed by atoms with E-state index in [1.165, 1.54) is 49.9 Å². The van der Waals surface area contributed by atoms with Crippen LogP contribution in [0.2, 0.25) is 0 Å². The number of esters is 1. The zero-order chi connectivity index (χ0) is 25.8. The Labute approximate surface area is 218 Å². The van der Waals surface area contributed by atoms with Gasteiger partial charge in [-0.15, -0.1) is 0 Å². The summed E-state index contributed by atoms with van der Waals surface area (Å²) in [6.45, 7) is 13.6. The highest BCUT2D eigenvalue weighted by Gasteiger charge is 2.64. The van der Waals surface area contributed by atoms with Gasteiger partial charge in [0.25, 0.3) is 0 Å². The van der Waals surface area contributed by atoms with E-state index in [2.05, 4.69) is 33.0 Å². The zero-order valence-electron chi connectivity index (χ0n) is 23.5. The summed E-state index contributed by atoms with van der Waals surface area (Å²) in [4.78, 5) is 22.8. The Balaban J connectivity index is 1.26. The molecule has 0 saturated heterocycles. The number of carbonyl (C=O) groups is 2. The van der Waals surface area contributed by atoms with Gasteiger partial charge in [0.1, 0.15) is 12.2 Å². The maximum absolute atomic E-state index is 11.6. The van der Waals surface area contributed by atoms with Gasteiger partial charge < -0.3 is 14.8 Å². The maximum atomic E-state index is 11.6. The molecule has 4 aliphatic carbocycles. The molecule has 4 fully saturated rings. The van der Waals surface area contributed by atoms with Crippen LogP contribution < -0.4 is 5.32 Å². The SMILES string of the molecule is CC(=O)NC[C@H](C)CCC1=C(C)[C@@H]2[C@H](C[C@@H]3[C@@H]4CC[C@H]5C[C@@H](OC(C)=O)CC[C@]5(C)[C@H]4CC[C@@]32C)O1. The van der Waals surface area contributed by atoms with E-state index in [0.29, 0.717) is 34.7 Å². The minimum absolute atomic E-state index is 0.0544. The van der Waals surface area contributed by atoms with Gasteiger partial charge in [-0.05, 0) is 111 Å². The number of ether oxygens (including phenoxy) is 2. The lowest BCUT2D eigenvalue weighted by molar-refractivity contribution is -0.159. The van der Waals surface area contributed by atoms with Crippen molar-refractivity contribution < 1.29 is 19.1 Å². The van der Waals surface area contributed by atoms with Crippen LogP contribution in [-0.4, -0.2) is 30.6 Å². The Morgan fingerprint density at radius 1 is 1.06 bits per heavy atom. The van der Waals surface area contributed by atoms with Crippen LogP contribution in [0.3, 0.4) is 0 Å². The molecule has 1 heterocycles. The second-order valence-electron chi connectivity index (χ2n) is 13.8. The maximum Gasteiger partial charge on any atom is 0.302 e. The van der Waals surface area contributed by atoms with Crippen molar-refractivity contribution in [2.75, 3.05) is 6.54 Å². The van der Waals surface area contributed by atoms with Crippen molar-refractivity contribution in [3.63, 3.8) is 0 Å². The predicted molar refractivity (Wildman–Crippen MR) is 141 cm³/mol. The standard InChI is InChI=1S/C31H49NO4/c1-18(17-32-20(3)33)7-10-27-19(2)29-28(36-27)16-26-24-9-8-22-15-23(35-21(4)34)11-13-30(22,5)25(24)12-14-31(26,29)6/h18,22-26,28-29H,7-17H2,1-6H3,(H,32,33)/t18-,22+,23+,24-,25+,26-,28+,29-,30+,31+/m1/s1. The van der Waals surface area contributed by atoms with Crippen LogP contribution in [0.15, 0.2) is 11.3 Å². The Morgan fingerprint density at radius 2 is 1.81 bits per heavy atom. The normalized spacial score (nSPS) is 44.0. The number of rotatable bonds is 6. The molecule has 0 aromatic carbocycles. The first kappa shape index (κ1) is 26.1. The predicted octanol–water partition coefficient (Wildman–Crippen LogP) is 6.41. The van der Waals surface area contributed by atoms with E-state index in [1.54, 1.807) is 13.8 Å². The lowest BCUT2D eigenvalue weighted by Gasteiger charge is -2.61. The molecule has 0 aromatic rings. The van der Waals surface area contributed by atoms with Crippen LogP contribution in [0.4, 0.5) is 0 Å². The van der Waals surface area contributed by atoms with E-state index in [1.807, 2.05) is 0 Å². The van der Waals surface area contributed by atoms with Gasteiger partial charge in [-0.1, -0.05) is 20.8 Å². The Morgan fingerprint density at radius 3 is 2.53 bits per heavy atom. The monoisotopic (exact) mass is 499 g/mol. The molecule has 5 heteroatoms. The smallest absolute Gasteiger partial charge is 0.302 e. The quantitative estimate of drug-likeness (QED) is 0.429. The van der Waals surface area contributed by atoms with Crippen LogP contribution in [0.1, 0.15) is 106 Å². The van der Waals surface area contributed by atoms with Crippen molar-refractivity contribution >= 4 is 11.9 Å².